The van der Waals surface area contributed by atoms with Gasteiger partial charge in [-0.05, 0) is 17.3 Å². The molecule has 0 radical (unpaired) electrons. The second-order valence-corrected chi connectivity index (χ2v) is 3.64. The number of fused-ring (bicyclic) bond motifs is 1. The van der Waals surface area contributed by atoms with E-state index in [2.05, 4.69) is 10.3 Å². The Morgan fingerprint density at radius 3 is 2.57 bits per heavy atom. The van der Waals surface area contributed by atoms with E-state index in [0.717, 1.165) is 0 Å². The normalized spacial score (nSPS) is 11.2. The van der Waals surface area contributed by atoms with Crippen molar-refractivity contribution in [2.75, 3.05) is 0 Å². The molecular weight excluding hydrogens is 217 g/mol. The van der Waals surface area contributed by atoms with Crippen molar-refractivity contribution in [1.82, 2.24) is 14.4 Å². The molecule has 0 atom stereocenters. The number of hydrogen-bond acceptors (Lipinski definition) is 4. The first-order valence-electron chi connectivity index (χ1n) is 3.37. The molecule has 14 heavy (non-hydrogen) atoms. The zero-order valence-corrected chi connectivity index (χ0v) is 7.14. The molecular formula is C6H6N3NaO3S. The molecule has 2 aromatic rings. The van der Waals surface area contributed by atoms with Gasteiger partial charge in [-0.25, -0.2) is 0 Å². The van der Waals surface area contributed by atoms with Crippen molar-refractivity contribution in [3.63, 3.8) is 0 Å². The zero-order valence-electron chi connectivity index (χ0n) is 6.32. The second-order valence-electron chi connectivity index (χ2n) is 2.40. The van der Waals surface area contributed by atoms with Gasteiger partial charge in [0.1, 0.15) is 11.0 Å². The predicted molar refractivity (Wildman–Crippen MR) is 51.6 cm³/mol. The van der Waals surface area contributed by atoms with Crippen LogP contribution in [0.2, 0.25) is 0 Å². The van der Waals surface area contributed by atoms with E-state index in [1.165, 1.54) is 6.07 Å². The summed E-state index contributed by atoms with van der Waals surface area (Å²) in [6.07, 6.45) is 0. The first-order valence-corrected chi connectivity index (χ1v) is 4.77. The van der Waals surface area contributed by atoms with Crippen molar-refractivity contribution in [2.45, 2.75) is 0 Å². The van der Waals surface area contributed by atoms with Crippen LogP contribution in [0.5, 0.6) is 0 Å². The van der Waals surface area contributed by atoms with Gasteiger partial charge >= 0.3 is 39.9 Å². The number of benzene rings is 1. The van der Waals surface area contributed by atoms with E-state index in [1.54, 1.807) is 18.2 Å². The molecule has 70 valence electrons. The Hall–Kier alpha value is -0.470. The fraction of sp³-hybridized carbons (Fsp3) is 0. The van der Waals surface area contributed by atoms with Crippen LogP contribution >= 0.6 is 0 Å². The summed E-state index contributed by atoms with van der Waals surface area (Å²) >= 11 is 0. The first-order chi connectivity index (χ1) is 6.09. The maximum absolute atomic E-state index is 10.7. The third-order valence-electron chi connectivity index (χ3n) is 1.54. The molecule has 1 aromatic carbocycles. The van der Waals surface area contributed by atoms with Gasteiger partial charge in [-0.2, -0.15) is 8.42 Å². The van der Waals surface area contributed by atoms with Crippen LogP contribution in [0.1, 0.15) is 0 Å². The van der Waals surface area contributed by atoms with Gasteiger partial charge in [0.15, 0.2) is 0 Å². The zero-order chi connectivity index (χ0) is 9.47. The van der Waals surface area contributed by atoms with Crippen molar-refractivity contribution in [3.05, 3.63) is 24.3 Å². The molecule has 0 saturated heterocycles. The van der Waals surface area contributed by atoms with Gasteiger partial charge in [0.05, 0.1) is 0 Å². The summed E-state index contributed by atoms with van der Waals surface area (Å²) in [7, 11) is -4.34. The standard InChI is InChI=1S/C6H5N3O3S.Na.H/c10-13(11,12)9-6-4-2-1-3-5(6)7-8-9;;/h1-4H,(H,10,11,12);;. The van der Waals surface area contributed by atoms with Crippen molar-refractivity contribution >= 4 is 50.9 Å². The summed E-state index contributed by atoms with van der Waals surface area (Å²) in [5, 5.41) is 6.85. The van der Waals surface area contributed by atoms with E-state index in [9.17, 15) is 8.42 Å². The Morgan fingerprint density at radius 2 is 1.93 bits per heavy atom. The van der Waals surface area contributed by atoms with Crippen LogP contribution in [0.4, 0.5) is 0 Å². The molecule has 6 nitrogen and oxygen atoms in total. The molecule has 0 saturated carbocycles. The van der Waals surface area contributed by atoms with E-state index in [4.69, 9.17) is 4.55 Å². The Balaban J connectivity index is 0.000000980. The molecule has 1 heterocycles. The van der Waals surface area contributed by atoms with Crippen molar-refractivity contribution in [2.24, 2.45) is 0 Å². The van der Waals surface area contributed by atoms with Gasteiger partial charge in [0.2, 0.25) is 0 Å². The summed E-state index contributed by atoms with van der Waals surface area (Å²) in [6, 6.07) is 6.44. The molecule has 1 N–H and O–H groups in total. The SMILES string of the molecule is O=S(=O)(O)n1nnc2ccccc21.[NaH]. The second kappa shape index (κ2) is 3.95. The number of rotatable bonds is 1. The molecule has 0 amide bonds. The quantitative estimate of drug-likeness (QED) is 0.517. The molecule has 0 aliphatic heterocycles. The topological polar surface area (TPSA) is 85.1 Å². The molecule has 0 spiro atoms. The van der Waals surface area contributed by atoms with Crippen LogP contribution in [-0.4, -0.2) is 56.9 Å². The molecule has 1 aromatic heterocycles. The fourth-order valence-electron chi connectivity index (χ4n) is 1.02. The van der Waals surface area contributed by atoms with Crippen molar-refractivity contribution in [1.29, 1.82) is 0 Å². The molecule has 0 aliphatic carbocycles. The van der Waals surface area contributed by atoms with Crippen LogP contribution in [0.25, 0.3) is 11.0 Å². The molecule has 8 heteroatoms. The van der Waals surface area contributed by atoms with Gasteiger partial charge < -0.3 is 0 Å². The molecule has 0 aliphatic rings. The number of nitrogens with zero attached hydrogens (tertiary/aromatic N) is 3. The third-order valence-corrected chi connectivity index (χ3v) is 2.25. The molecule has 0 fully saturated rings. The van der Waals surface area contributed by atoms with Crippen LogP contribution in [0.15, 0.2) is 24.3 Å². The van der Waals surface area contributed by atoms with Crippen LogP contribution in [0.3, 0.4) is 0 Å². The molecule has 0 bridgehead atoms. The van der Waals surface area contributed by atoms with E-state index in [-0.39, 0.29) is 35.1 Å². The van der Waals surface area contributed by atoms with E-state index in [1.807, 2.05) is 0 Å². The Bertz CT molecular complexity index is 550. The van der Waals surface area contributed by atoms with Gasteiger partial charge in [0.25, 0.3) is 0 Å². The van der Waals surface area contributed by atoms with Gasteiger partial charge in [-0.3, -0.25) is 4.55 Å². The minimum absolute atomic E-state index is 0. The average molecular weight is 223 g/mol. The van der Waals surface area contributed by atoms with Crippen molar-refractivity contribution < 1.29 is 13.0 Å². The summed E-state index contributed by atoms with van der Waals surface area (Å²) in [5.41, 5.74) is 0.671. The maximum atomic E-state index is 10.7. The third kappa shape index (κ3) is 1.96. The summed E-state index contributed by atoms with van der Waals surface area (Å²) in [4.78, 5) is 0. The summed E-state index contributed by atoms with van der Waals surface area (Å²) < 4.78 is 30.6. The van der Waals surface area contributed by atoms with E-state index < -0.39 is 10.3 Å². The molecule has 2 rings (SSSR count). The Morgan fingerprint density at radius 1 is 1.29 bits per heavy atom. The fourth-order valence-corrected chi connectivity index (χ4v) is 1.55. The van der Waals surface area contributed by atoms with Crippen molar-refractivity contribution in [3.8, 4) is 0 Å². The van der Waals surface area contributed by atoms with E-state index >= 15 is 0 Å². The van der Waals surface area contributed by atoms with Gasteiger partial charge in [-0.1, -0.05) is 12.1 Å². The predicted octanol–water partition coefficient (Wildman–Crippen LogP) is -0.566. The number of aromatic nitrogens is 3. The monoisotopic (exact) mass is 223 g/mol. The van der Waals surface area contributed by atoms with Gasteiger partial charge in [-0.15, -0.1) is 9.19 Å². The first kappa shape index (κ1) is 11.6. The van der Waals surface area contributed by atoms with Crippen LogP contribution in [-0.2, 0) is 10.3 Å². The number of hydrogen-bond donors (Lipinski definition) is 1. The van der Waals surface area contributed by atoms with E-state index in [0.29, 0.717) is 9.60 Å². The van der Waals surface area contributed by atoms with Crippen LogP contribution < -0.4 is 0 Å². The average Bonchev–Trinajstić information content (AvgIpc) is 2.45. The summed E-state index contributed by atoms with van der Waals surface area (Å²) in [6.45, 7) is 0. The summed E-state index contributed by atoms with van der Waals surface area (Å²) in [5.74, 6) is 0. The minimum atomic E-state index is -4.34. The Labute approximate surface area is 102 Å². The number of para-hydroxylation sites is 1. The van der Waals surface area contributed by atoms with Crippen LogP contribution in [0, 0.1) is 0 Å². The van der Waals surface area contributed by atoms with Gasteiger partial charge in [0, 0.05) is 0 Å². The molecule has 0 unspecified atom stereocenters. The Kier molecular flexibility index (Phi) is 3.28.